The summed E-state index contributed by atoms with van der Waals surface area (Å²) in [6.45, 7) is 7.22. The summed E-state index contributed by atoms with van der Waals surface area (Å²) in [5.74, 6) is 1.01. The van der Waals surface area contributed by atoms with Crippen LogP contribution in [0.4, 0.5) is 0 Å². The largest absolute Gasteiger partial charge is 0.380 e. The van der Waals surface area contributed by atoms with Gasteiger partial charge in [-0.1, -0.05) is 39.5 Å². The average molecular weight is 227 g/mol. The Labute approximate surface area is 101 Å². The smallest absolute Gasteiger partial charge is 0.0619 e. The third kappa shape index (κ3) is 5.86. The molecule has 1 rings (SSSR count). The van der Waals surface area contributed by atoms with Crippen molar-refractivity contribution in [3.8, 4) is 0 Å². The Morgan fingerprint density at radius 3 is 2.62 bits per heavy atom. The van der Waals surface area contributed by atoms with Crippen molar-refractivity contribution in [3.05, 3.63) is 0 Å². The Morgan fingerprint density at radius 1 is 1.25 bits per heavy atom. The van der Waals surface area contributed by atoms with Gasteiger partial charge in [-0.15, -0.1) is 0 Å². The zero-order chi connectivity index (χ0) is 11.6. The maximum Gasteiger partial charge on any atom is 0.0619 e. The van der Waals surface area contributed by atoms with E-state index in [2.05, 4.69) is 19.2 Å². The van der Waals surface area contributed by atoms with Crippen LogP contribution >= 0.6 is 0 Å². The highest BCUT2D eigenvalue weighted by molar-refractivity contribution is 4.72. The minimum absolute atomic E-state index is 0.581. The third-order valence-corrected chi connectivity index (χ3v) is 3.56. The van der Waals surface area contributed by atoms with Crippen molar-refractivity contribution in [2.45, 2.75) is 64.8 Å². The first-order valence-corrected chi connectivity index (χ1v) is 7.18. The molecule has 2 nitrogen and oxygen atoms in total. The number of likely N-dealkylation sites (N-methyl/N-ethyl adjacent to an activating group) is 1. The van der Waals surface area contributed by atoms with Crippen LogP contribution in [0.15, 0.2) is 0 Å². The molecule has 16 heavy (non-hydrogen) atoms. The fraction of sp³-hybridized carbons (Fsp3) is 1.00. The number of hydrogen-bond acceptors (Lipinski definition) is 2. The molecule has 0 aliphatic heterocycles. The van der Waals surface area contributed by atoms with Gasteiger partial charge >= 0.3 is 0 Å². The molecular formula is C14H29NO. The fourth-order valence-electron chi connectivity index (χ4n) is 2.64. The minimum Gasteiger partial charge on any atom is -0.380 e. The van der Waals surface area contributed by atoms with Crippen molar-refractivity contribution < 1.29 is 4.74 Å². The van der Waals surface area contributed by atoms with Crippen molar-refractivity contribution >= 4 is 0 Å². The molecule has 0 aromatic rings. The van der Waals surface area contributed by atoms with Crippen LogP contribution in [0.5, 0.6) is 0 Å². The second-order valence-electron chi connectivity index (χ2n) is 5.06. The molecular weight excluding hydrogens is 198 g/mol. The summed E-state index contributed by atoms with van der Waals surface area (Å²) in [6, 6.07) is 0.581. The van der Waals surface area contributed by atoms with Gasteiger partial charge in [0.25, 0.3) is 0 Å². The van der Waals surface area contributed by atoms with E-state index in [1.165, 1.54) is 38.5 Å². The lowest BCUT2D eigenvalue weighted by Crippen LogP contribution is -2.33. The molecule has 1 atom stereocenters. The van der Waals surface area contributed by atoms with Gasteiger partial charge in [0.15, 0.2) is 0 Å². The summed E-state index contributed by atoms with van der Waals surface area (Å²) in [7, 11) is 0. The summed E-state index contributed by atoms with van der Waals surface area (Å²) in [4.78, 5) is 0. The Kier molecular flexibility index (Phi) is 7.87. The lowest BCUT2D eigenvalue weighted by Gasteiger charge is -2.19. The maximum absolute atomic E-state index is 5.65. The van der Waals surface area contributed by atoms with Gasteiger partial charge in [-0.05, 0) is 31.7 Å². The van der Waals surface area contributed by atoms with Crippen molar-refractivity contribution in [2.75, 3.05) is 19.8 Å². The van der Waals surface area contributed by atoms with Crippen molar-refractivity contribution in [1.82, 2.24) is 5.32 Å². The lowest BCUT2D eigenvalue weighted by molar-refractivity contribution is 0.107. The van der Waals surface area contributed by atoms with Crippen molar-refractivity contribution in [3.63, 3.8) is 0 Å². The van der Waals surface area contributed by atoms with Crippen LogP contribution in [-0.2, 0) is 4.74 Å². The van der Waals surface area contributed by atoms with E-state index in [9.17, 15) is 0 Å². The van der Waals surface area contributed by atoms with Crippen LogP contribution in [0.2, 0.25) is 0 Å². The number of rotatable bonds is 9. The second-order valence-corrected chi connectivity index (χ2v) is 5.06. The topological polar surface area (TPSA) is 21.3 Å². The summed E-state index contributed by atoms with van der Waals surface area (Å²) in [6.07, 6.45) is 9.67. The van der Waals surface area contributed by atoms with Gasteiger partial charge in [-0.2, -0.15) is 0 Å². The molecule has 0 heterocycles. The molecule has 0 radical (unpaired) electrons. The quantitative estimate of drug-likeness (QED) is 0.610. The number of ether oxygens (including phenoxy) is 1. The molecule has 96 valence electrons. The molecule has 1 saturated carbocycles. The molecule has 1 unspecified atom stereocenters. The molecule has 0 bridgehead atoms. The van der Waals surface area contributed by atoms with Crippen LogP contribution in [-0.4, -0.2) is 25.8 Å². The van der Waals surface area contributed by atoms with Gasteiger partial charge in [-0.25, -0.2) is 0 Å². The number of nitrogens with one attached hydrogen (secondary N) is 1. The third-order valence-electron chi connectivity index (χ3n) is 3.56. The highest BCUT2D eigenvalue weighted by atomic mass is 16.5. The highest BCUT2D eigenvalue weighted by Gasteiger charge is 2.17. The molecule has 1 aliphatic rings. The zero-order valence-electron chi connectivity index (χ0n) is 11.1. The van der Waals surface area contributed by atoms with Gasteiger partial charge in [-0.3, -0.25) is 0 Å². The maximum atomic E-state index is 5.65. The van der Waals surface area contributed by atoms with E-state index in [1.54, 1.807) is 0 Å². The van der Waals surface area contributed by atoms with E-state index < -0.39 is 0 Å². The van der Waals surface area contributed by atoms with Crippen LogP contribution in [0.1, 0.15) is 58.8 Å². The van der Waals surface area contributed by atoms with E-state index >= 15 is 0 Å². The van der Waals surface area contributed by atoms with E-state index in [0.29, 0.717) is 6.04 Å². The van der Waals surface area contributed by atoms with Crippen LogP contribution in [0.25, 0.3) is 0 Å². The molecule has 0 saturated heterocycles. The molecule has 1 fully saturated rings. The molecule has 0 spiro atoms. The normalized spacial score (nSPS) is 19.1. The summed E-state index contributed by atoms with van der Waals surface area (Å²) in [5, 5.41) is 3.54. The van der Waals surface area contributed by atoms with Crippen LogP contribution < -0.4 is 5.32 Å². The number of hydrogen-bond donors (Lipinski definition) is 1. The Bertz CT molecular complexity index is 155. The first-order valence-electron chi connectivity index (χ1n) is 7.18. The predicted octanol–water partition coefficient (Wildman–Crippen LogP) is 3.36. The van der Waals surface area contributed by atoms with Crippen LogP contribution in [0, 0.1) is 5.92 Å². The average Bonchev–Trinajstić information content (AvgIpc) is 2.79. The molecule has 0 aromatic heterocycles. The molecule has 1 aliphatic carbocycles. The Morgan fingerprint density at radius 2 is 2.00 bits per heavy atom. The minimum atomic E-state index is 0.581. The van der Waals surface area contributed by atoms with Crippen molar-refractivity contribution in [1.29, 1.82) is 0 Å². The second kappa shape index (κ2) is 9.00. The van der Waals surface area contributed by atoms with E-state index in [-0.39, 0.29) is 0 Å². The Hall–Kier alpha value is -0.0800. The summed E-state index contributed by atoms with van der Waals surface area (Å²) >= 11 is 0. The SMILES string of the molecule is CCCOCC(CCC1CCCC1)NCC. The van der Waals surface area contributed by atoms with E-state index in [4.69, 9.17) is 4.74 Å². The molecule has 0 aromatic carbocycles. The van der Waals surface area contributed by atoms with Gasteiger partial charge in [0.2, 0.25) is 0 Å². The van der Waals surface area contributed by atoms with Gasteiger partial charge in [0.05, 0.1) is 6.61 Å². The fourth-order valence-corrected chi connectivity index (χ4v) is 2.64. The van der Waals surface area contributed by atoms with Crippen LogP contribution in [0.3, 0.4) is 0 Å². The van der Waals surface area contributed by atoms with Crippen molar-refractivity contribution in [2.24, 2.45) is 5.92 Å². The summed E-state index contributed by atoms with van der Waals surface area (Å²) < 4.78 is 5.65. The highest BCUT2D eigenvalue weighted by Crippen LogP contribution is 2.28. The zero-order valence-corrected chi connectivity index (χ0v) is 11.1. The Balaban J connectivity index is 2.10. The van der Waals surface area contributed by atoms with Gasteiger partial charge < -0.3 is 10.1 Å². The first kappa shape index (κ1) is 14.0. The monoisotopic (exact) mass is 227 g/mol. The lowest BCUT2D eigenvalue weighted by atomic mass is 9.99. The first-order chi connectivity index (χ1) is 7.86. The standard InChI is InChI=1S/C14H29NO/c1-3-11-16-12-14(15-4-2)10-9-13-7-5-6-8-13/h13-15H,3-12H2,1-2H3. The van der Waals surface area contributed by atoms with Gasteiger partial charge in [0.1, 0.15) is 0 Å². The summed E-state index contributed by atoms with van der Waals surface area (Å²) in [5.41, 5.74) is 0. The predicted molar refractivity (Wildman–Crippen MR) is 69.8 cm³/mol. The van der Waals surface area contributed by atoms with Gasteiger partial charge in [0, 0.05) is 12.6 Å². The van der Waals surface area contributed by atoms with E-state index in [0.717, 1.165) is 32.1 Å². The molecule has 0 amide bonds. The molecule has 2 heteroatoms. The van der Waals surface area contributed by atoms with E-state index in [1.807, 2.05) is 0 Å². The molecule has 1 N–H and O–H groups in total.